The van der Waals surface area contributed by atoms with E-state index in [9.17, 15) is 18.0 Å². The standard InChI is InChI=1S/C11H9ClF3NO/c12-4-6-1-10(17)16(5-6)7-2-8(13)11(15)9(14)3-7/h2-3,6H,1,4-5H2. The molecule has 1 aliphatic rings. The first-order valence-electron chi connectivity index (χ1n) is 5.03. The maximum Gasteiger partial charge on any atom is 0.227 e. The summed E-state index contributed by atoms with van der Waals surface area (Å²) in [4.78, 5) is 12.8. The fourth-order valence-corrected chi connectivity index (χ4v) is 2.04. The van der Waals surface area contributed by atoms with E-state index in [-0.39, 0.29) is 23.9 Å². The number of anilines is 1. The zero-order chi connectivity index (χ0) is 12.6. The minimum Gasteiger partial charge on any atom is -0.312 e. The number of hydrogen-bond acceptors (Lipinski definition) is 1. The number of carbonyl (C=O) groups is 1. The van der Waals surface area contributed by atoms with Gasteiger partial charge in [-0.2, -0.15) is 0 Å². The molecule has 92 valence electrons. The summed E-state index contributed by atoms with van der Waals surface area (Å²) in [7, 11) is 0. The number of hydrogen-bond donors (Lipinski definition) is 0. The molecule has 2 rings (SSSR count). The van der Waals surface area contributed by atoms with Crippen molar-refractivity contribution < 1.29 is 18.0 Å². The second-order valence-corrected chi connectivity index (χ2v) is 4.26. The lowest BCUT2D eigenvalue weighted by Gasteiger charge is -2.16. The van der Waals surface area contributed by atoms with Crippen molar-refractivity contribution in [1.29, 1.82) is 0 Å². The molecular weight excluding hydrogens is 255 g/mol. The lowest BCUT2D eigenvalue weighted by atomic mass is 10.1. The summed E-state index contributed by atoms with van der Waals surface area (Å²) in [5.74, 6) is -4.14. The number of benzene rings is 1. The fraction of sp³-hybridized carbons (Fsp3) is 0.364. The van der Waals surface area contributed by atoms with Crippen molar-refractivity contribution in [2.24, 2.45) is 5.92 Å². The highest BCUT2D eigenvalue weighted by Crippen LogP contribution is 2.28. The zero-order valence-electron chi connectivity index (χ0n) is 8.72. The Labute approximate surface area is 101 Å². The molecule has 1 fully saturated rings. The molecule has 0 N–H and O–H groups in total. The molecular formula is C11H9ClF3NO. The van der Waals surface area contributed by atoms with E-state index in [1.807, 2.05) is 0 Å². The van der Waals surface area contributed by atoms with Crippen molar-refractivity contribution in [3.63, 3.8) is 0 Å². The van der Waals surface area contributed by atoms with Crippen LogP contribution in [0.15, 0.2) is 12.1 Å². The van der Waals surface area contributed by atoms with E-state index < -0.39 is 17.5 Å². The van der Waals surface area contributed by atoms with Crippen molar-refractivity contribution in [2.45, 2.75) is 6.42 Å². The molecule has 17 heavy (non-hydrogen) atoms. The van der Waals surface area contributed by atoms with Crippen LogP contribution in [0.5, 0.6) is 0 Å². The molecule has 0 spiro atoms. The summed E-state index contributed by atoms with van der Waals surface area (Å²) < 4.78 is 38.8. The maximum atomic E-state index is 13.0. The number of rotatable bonds is 2. The monoisotopic (exact) mass is 263 g/mol. The predicted molar refractivity (Wildman–Crippen MR) is 57.5 cm³/mol. The van der Waals surface area contributed by atoms with Gasteiger partial charge in [-0.3, -0.25) is 4.79 Å². The van der Waals surface area contributed by atoms with Gasteiger partial charge in [0, 0.05) is 36.7 Å². The molecule has 0 aliphatic carbocycles. The third-order valence-corrected chi connectivity index (χ3v) is 3.14. The van der Waals surface area contributed by atoms with Crippen molar-refractivity contribution >= 4 is 23.2 Å². The van der Waals surface area contributed by atoms with E-state index in [0.29, 0.717) is 12.4 Å². The van der Waals surface area contributed by atoms with Gasteiger partial charge in [0.05, 0.1) is 0 Å². The van der Waals surface area contributed by atoms with E-state index in [4.69, 9.17) is 11.6 Å². The maximum absolute atomic E-state index is 13.0. The number of nitrogens with zero attached hydrogens (tertiary/aromatic N) is 1. The molecule has 0 saturated carbocycles. The van der Waals surface area contributed by atoms with E-state index in [1.165, 1.54) is 4.90 Å². The lowest BCUT2D eigenvalue weighted by Crippen LogP contribution is -2.25. The van der Waals surface area contributed by atoms with Gasteiger partial charge in [0.2, 0.25) is 5.91 Å². The fourth-order valence-electron chi connectivity index (χ4n) is 1.83. The Morgan fingerprint density at radius 1 is 1.29 bits per heavy atom. The number of alkyl halides is 1. The first-order valence-corrected chi connectivity index (χ1v) is 5.57. The molecule has 6 heteroatoms. The molecule has 1 aromatic rings. The number of halogens is 4. The van der Waals surface area contributed by atoms with Crippen molar-refractivity contribution in [1.82, 2.24) is 0 Å². The first kappa shape index (κ1) is 12.2. The Hall–Kier alpha value is -1.23. The van der Waals surface area contributed by atoms with Crippen LogP contribution >= 0.6 is 11.6 Å². The predicted octanol–water partition coefficient (Wildman–Crippen LogP) is 2.70. The van der Waals surface area contributed by atoms with Crippen LogP contribution in [-0.4, -0.2) is 18.3 Å². The Kier molecular flexibility index (Phi) is 3.28. The van der Waals surface area contributed by atoms with Crippen LogP contribution in [0.25, 0.3) is 0 Å². The molecule has 0 aromatic heterocycles. The number of amides is 1. The molecule has 1 aliphatic heterocycles. The van der Waals surface area contributed by atoms with Crippen molar-refractivity contribution in [2.75, 3.05) is 17.3 Å². The van der Waals surface area contributed by atoms with E-state index in [2.05, 4.69) is 0 Å². The smallest absolute Gasteiger partial charge is 0.227 e. The summed E-state index contributed by atoms with van der Waals surface area (Å²) >= 11 is 5.63. The minimum absolute atomic E-state index is 0.0269. The molecule has 1 amide bonds. The Bertz CT molecular complexity index is 443. The summed E-state index contributed by atoms with van der Waals surface area (Å²) in [6.45, 7) is 0.298. The summed E-state index contributed by atoms with van der Waals surface area (Å²) in [6, 6.07) is 1.62. The van der Waals surface area contributed by atoms with Gasteiger partial charge in [-0.05, 0) is 5.92 Å². The van der Waals surface area contributed by atoms with Crippen LogP contribution < -0.4 is 4.90 Å². The highest BCUT2D eigenvalue weighted by Gasteiger charge is 2.31. The lowest BCUT2D eigenvalue weighted by molar-refractivity contribution is -0.117. The zero-order valence-corrected chi connectivity index (χ0v) is 9.48. The summed E-state index contributed by atoms with van der Waals surface area (Å²) in [5, 5.41) is 0. The van der Waals surface area contributed by atoms with Gasteiger partial charge in [0.15, 0.2) is 17.5 Å². The van der Waals surface area contributed by atoms with Gasteiger partial charge < -0.3 is 4.90 Å². The van der Waals surface area contributed by atoms with Crippen LogP contribution in [0.1, 0.15) is 6.42 Å². The largest absolute Gasteiger partial charge is 0.312 e. The average molecular weight is 264 g/mol. The van der Waals surface area contributed by atoms with Gasteiger partial charge in [0.25, 0.3) is 0 Å². The van der Waals surface area contributed by atoms with Crippen molar-refractivity contribution in [3.8, 4) is 0 Å². The van der Waals surface area contributed by atoms with Crippen LogP contribution in [0, 0.1) is 23.4 Å². The Morgan fingerprint density at radius 2 is 1.88 bits per heavy atom. The topological polar surface area (TPSA) is 20.3 Å². The highest BCUT2D eigenvalue weighted by atomic mass is 35.5. The van der Waals surface area contributed by atoms with Gasteiger partial charge in [-0.1, -0.05) is 0 Å². The molecule has 0 radical (unpaired) electrons. The molecule has 0 bridgehead atoms. The second kappa shape index (κ2) is 4.56. The average Bonchev–Trinajstić information content (AvgIpc) is 2.67. The van der Waals surface area contributed by atoms with E-state index in [0.717, 1.165) is 12.1 Å². The van der Waals surface area contributed by atoms with E-state index in [1.54, 1.807) is 0 Å². The first-order chi connectivity index (χ1) is 8.02. The second-order valence-electron chi connectivity index (χ2n) is 3.95. The molecule has 1 aromatic carbocycles. The van der Waals surface area contributed by atoms with Gasteiger partial charge >= 0.3 is 0 Å². The van der Waals surface area contributed by atoms with Crippen LogP contribution in [-0.2, 0) is 4.79 Å². The normalized spacial score (nSPS) is 20.1. The molecule has 1 heterocycles. The molecule has 1 unspecified atom stereocenters. The van der Waals surface area contributed by atoms with Gasteiger partial charge in [-0.25, -0.2) is 13.2 Å². The summed E-state index contributed by atoms with van der Waals surface area (Å²) in [5.41, 5.74) is 0.0269. The Morgan fingerprint density at radius 3 is 2.35 bits per heavy atom. The third-order valence-electron chi connectivity index (χ3n) is 2.70. The highest BCUT2D eigenvalue weighted by molar-refractivity contribution is 6.18. The van der Waals surface area contributed by atoms with Gasteiger partial charge in [-0.15, -0.1) is 11.6 Å². The summed E-state index contributed by atoms with van der Waals surface area (Å²) in [6.07, 6.45) is 0.240. The quantitative estimate of drug-likeness (QED) is 0.593. The van der Waals surface area contributed by atoms with Crippen LogP contribution in [0.3, 0.4) is 0 Å². The third kappa shape index (κ3) is 2.24. The molecule has 1 saturated heterocycles. The Balaban J connectivity index is 2.32. The SMILES string of the molecule is O=C1CC(CCl)CN1c1cc(F)c(F)c(F)c1. The van der Waals surface area contributed by atoms with Crippen LogP contribution in [0.4, 0.5) is 18.9 Å². The minimum atomic E-state index is -1.53. The van der Waals surface area contributed by atoms with Gasteiger partial charge in [0.1, 0.15) is 0 Å². The molecule has 1 atom stereocenters. The van der Waals surface area contributed by atoms with Crippen molar-refractivity contribution in [3.05, 3.63) is 29.6 Å². The van der Waals surface area contributed by atoms with E-state index >= 15 is 0 Å². The number of carbonyl (C=O) groups excluding carboxylic acids is 1. The molecule has 2 nitrogen and oxygen atoms in total. The van der Waals surface area contributed by atoms with Crippen LogP contribution in [0.2, 0.25) is 0 Å².